The number of fused-ring (bicyclic) bond motifs is 1. The van der Waals surface area contributed by atoms with Gasteiger partial charge < -0.3 is 25.6 Å². The fourth-order valence-corrected chi connectivity index (χ4v) is 4.48. The van der Waals surface area contributed by atoms with E-state index in [1.165, 1.54) is 37.4 Å². The van der Waals surface area contributed by atoms with E-state index in [0.717, 1.165) is 5.17 Å². The van der Waals surface area contributed by atoms with Crippen LogP contribution in [-0.4, -0.2) is 64.3 Å². The van der Waals surface area contributed by atoms with Gasteiger partial charge in [0, 0.05) is 19.1 Å². The van der Waals surface area contributed by atoms with Crippen LogP contribution < -0.4 is 10.6 Å². The smallest absolute Gasteiger partial charge is 0.159 e. The van der Waals surface area contributed by atoms with E-state index in [9.17, 15) is 10.2 Å². The Kier molecular flexibility index (Phi) is 8.93. The molecule has 0 unspecified atom stereocenters. The highest BCUT2D eigenvalue weighted by Gasteiger charge is 2.48. The van der Waals surface area contributed by atoms with E-state index >= 15 is 0 Å². The molecule has 0 aromatic carbocycles. The number of thioether (sulfide) groups is 1. The summed E-state index contributed by atoms with van der Waals surface area (Å²) in [4.78, 5) is 4.32. The average molecular weight is 388 g/mol. The van der Waals surface area contributed by atoms with Gasteiger partial charge in [0.15, 0.2) is 5.17 Å². The minimum atomic E-state index is -0.866. The van der Waals surface area contributed by atoms with Gasteiger partial charge in [-0.25, -0.2) is 0 Å². The summed E-state index contributed by atoms with van der Waals surface area (Å²) in [7, 11) is 0. The minimum Gasteiger partial charge on any atom is -0.388 e. The third kappa shape index (κ3) is 4.87. The van der Waals surface area contributed by atoms with Crippen LogP contribution in [0.15, 0.2) is 4.99 Å². The Morgan fingerprint density at radius 1 is 1.26 bits per heavy atom. The molecule has 0 spiro atoms. The van der Waals surface area contributed by atoms with Crippen LogP contribution in [0.3, 0.4) is 0 Å². The molecule has 2 heterocycles. The molecule has 4 N–H and O–H groups in total. The second kappa shape index (κ2) is 9.65. The lowest BCUT2D eigenvalue weighted by Gasteiger charge is -2.39. The first-order valence-electron chi connectivity index (χ1n) is 7.91. The summed E-state index contributed by atoms with van der Waals surface area (Å²) in [5.41, 5.74) is -0.177. The Morgan fingerprint density at radius 3 is 2.61 bits per heavy atom. The van der Waals surface area contributed by atoms with E-state index in [-0.39, 0.29) is 42.4 Å². The summed E-state index contributed by atoms with van der Waals surface area (Å²) in [6.45, 7) is 3.25. The molecule has 0 radical (unpaired) electrons. The maximum Gasteiger partial charge on any atom is 0.159 e. The van der Waals surface area contributed by atoms with Crippen LogP contribution in [0.4, 0.5) is 0 Å². The van der Waals surface area contributed by atoms with E-state index in [1.54, 1.807) is 0 Å². The van der Waals surface area contributed by atoms with Crippen LogP contribution in [-0.2, 0) is 4.74 Å². The average Bonchev–Trinajstić information content (AvgIpc) is 3.11. The number of halogens is 2. The summed E-state index contributed by atoms with van der Waals surface area (Å²) in [5, 5.41) is 28.0. The molecule has 0 aromatic rings. The maximum atomic E-state index is 10.3. The number of nitrogens with one attached hydrogen (secondary N) is 2. The number of rotatable bonds is 4. The second-order valence-electron chi connectivity index (χ2n) is 5.98. The number of aliphatic hydroxyl groups excluding tert-OH is 2. The molecule has 0 bridgehead atoms. The number of ether oxygens (including phenoxy) is 1. The van der Waals surface area contributed by atoms with Gasteiger partial charge in [0.2, 0.25) is 0 Å². The lowest BCUT2D eigenvalue weighted by molar-refractivity contribution is -0.154. The lowest BCUT2D eigenvalue weighted by Crippen LogP contribution is -2.61. The Bertz CT molecular complexity index is 399. The van der Waals surface area contributed by atoms with Crippen LogP contribution in [0.2, 0.25) is 0 Å². The standard InChI is InChI=1S/C14H25N3O3S.2ClH/c1-2-15-14-17-10-12(19)11(18)9(20-13(10)21-14)7-16-8-5-3-4-6-8;;/h8-13,16,18-19H,2-7H2,1H3,(H,15,17);2*1H/t9-,10-,11-,12-,13-;;/m1../s1. The molecule has 9 heteroatoms. The fourth-order valence-electron chi connectivity index (χ4n) is 3.28. The number of hydrogen-bond donors (Lipinski definition) is 4. The first-order chi connectivity index (χ1) is 10.2. The van der Waals surface area contributed by atoms with Crippen molar-refractivity contribution in [1.82, 2.24) is 10.6 Å². The van der Waals surface area contributed by atoms with Gasteiger partial charge in [-0.15, -0.1) is 24.8 Å². The molecule has 136 valence electrons. The molecular weight excluding hydrogens is 361 g/mol. The summed E-state index contributed by atoms with van der Waals surface area (Å²) >= 11 is 1.50. The molecule has 3 fully saturated rings. The van der Waals surface area contributed by atoms with Gasteiger partial charge in [-0.1, -0.05) is 24.6 Å². The largest absolute Gasteiger partial charge is 0.388 e. The molecule has 1 saturated carbocycles. The van der Waals surface area contributed by atoms with Gasteiger partial charge in [0.1, 0.15) is 23.7 Å². The normalized spacial score (nSPS) is 38.6. The van der Waals surface area contributed by atoms with Crippen molar-refractivity contribution in [2.24, 2.45) is 4.99 Å². The number of nitrogens with zero attached hydrogens (tertiary/aromatic N) is 1. The van der Waals surface area contributed by atoms with Crippen molar-refractivity contribution >= 4 is 41.7 Å². The highest BCUT2D eigenvalue weighted by Crippen LogP contribution is 2.33. The molecular formula is C14H27Cl2N3O3S. The predicted molar refractivity (Wildman–Crippen MR) is 97.9 cm³/mol. The lowest BCUT2D eigenvalue weighted by atomic mass is 9.97. The molecule has 3 aliphatic rings. The van der Waals surface area contributed by atoms with E-state index < -0.39 is 12.2 Å². The third-order valence-corrected chi connectivity index (χ3v) is 5.59. The highest BCUT2D eigenvalue weighted by atomic mass is 35.5. The highest BCUT2D eigenvalue weighted by molar-refractivity contribution is 8.14. The van der Waals surface area contributed by atoms with E-state index in [4.69, 9.17) is 4.74 Å². The molecule has 23 heavy (non-hydrogen) atoms. The zero-order valence-corrected chi connectivity index (χ0v) is 15.6. The summed E-state index contributed by atoms with van der Waals surface area (Å²) in [6.07, 6.45) is 2.88. The second-order valence-corrected chi connectivity index (χ2v) is 7.07. The molecule has 3 rings (SSSR count). The first-order valence-corrected chi connectivity index (χ1v) is 8.79. The minimum absolute atomic E-state index is 0. The van der Waals surface area contributed by atoms with Crippen LogP contribution in [0, 0.1) is 0 Å². The van der Waals surface area contributed by atoms with Gasteiger partial charge >= 0.3 is 0 Å². The van der Waals surface area contributed by atoms with E-state index in [0.29, 0.717) is 19.1 Å². The molecule has 2 aliphatic heterocycles. The van der Waals surface area contributed by atoms with Gasteiger partial charge in [0.25, 0.3) is 0 Å². The quantitative estimate of drug-likeness (QED) is 0.573. The van der Waals surface area contributed by atoms with Gasteiger partial charge in [-0.3, -0.25) is 4.99 Å². The van der Waals surface area contributed by atoms with E-state index in [2.05, 4.69) is 15.6 Å². The Morgan fingerprint density at radius 2 is 1.96 bits per heavy atom. The molecule has 0 aromatic heterocycles. The van der Waals surface area contributed by atoms with Crippen LogP contribution in [0.25, 0.3) is 0 Å². The number of hydrogen-bond acceptors (Lipinski definition) is 6. The van der Waals surface area contributed by atoms with Crippen molar-refractivity contribution in [2.45, 2.75) is 68.4 Å². The van der Waals surface area contributed by atoms with Crippen molar-refractivity contribution in [3.8, 4) is 0 Å². The number of amidine groups is 1. The van der Waals surface area contributed by atoms with Crippen molar-refractivity contribution in [1.29, 1.82) is 0 Å². The number of aliphatic hydroxyl groups is 2. The van der Waals surface area contributed by atoms with Crippen LogP contribution >= 0.6 is 36.6 Å². The predicted octanol–water partition coefficient (Wildman–Crippen LogP) is 0.890. The zero-order chi connectivity index (χ0) is 14.8. The van der Waals surface area contributed by atoms with Crippen molar-refractivity contribution in [3.05, 3.63) is 0 Å². The third-order valence-electron chi connectivity index (χ3n) is 4.48. The Labute approximate surface area is 154 Å². The van der Waals surface area contributed by atoms with Gasteiger partial charge in [0.05, 0.1) is 6.04 Å². The molecule has 0 amide bonds. The summed E-state index contributed by atoms with van der Waals surface area (Å²) in [6, 6.07) is 0.250. The van der Waals surface area contributed by atoms with Crippen LogP contribution in [0.1, 0.15) is 32.6 Å². The molecule has 1 aliphatic carbocycles. The molecule has 2 saturated heterocycles. The van der Waals surface area contributed by atoms with Crippen molar-refractivity contribution < 1.29 is 14.9 Å². The monoisotopic (exact) mass is 387 g/mol. The van der Waals surface area contributed by atoms with E-state index in [1.807, 2.05) is 6.92 Å². The maximum absolute atomic E-state index is 10.3. The van der Waals surface area contributed by atoms with Gasteiger partial charge in [-0.05, 0) is 19.8 Å². The summed E-state index contributed by atoms with van der Waals surface area (Å²) < 4.78 is 5.98. The first kappa shape index (κ1) is 21.3. The SMILES string of the molecule is CCN=C1N[C@@H]2[C@@H](O)[C@H](O)[C@@H](CNC3CCCC3)O[C@@H]2S1.Cl.Cl. The molecule has 6 nitrogen and oxygen atoms in total. The van der Waals surface area contributed by atoms with Crippen molar-refractivity contribution in [3.63, 3.8) is 0 Å². The topological polar surface area (TPSA) is 86.1 Å². The Balaban J connectivity index is 0.00000132. The number of aliphatic imine (C=N–C) groups is 1. The fraction of sp³-hybridized carbons (Fsp3) is 0.929. The Hall–Kier alpha value is 0.240. The van der Waals surface area contributed by atoms with Gasteiger partial charge in [-0.2, -0.15) is 0 Å². The van der Waals surface area contributed by atoms with Crippen LogP contribution in [0.5, 0.6) is 0 Å². The molecule has 5 atom stereocenters. The summed E-state index contributed by atoms with van der Waals surface area (Å²) in [5.74, 6) is 0. The zero-order valence-electron chi connectivity index (χ0n) is 13.2. The van der Waals surface area contributed by atoms with Crippen molar-refractivity contribution in [2.75, 3.05) is 13.1 Å².